The van der Waals surface area contributed by atoms with Gasteiger partial charge in [-0.25, -0.2) is 0 Å². The molecular formula is C13H24N6O. The topological polar surface area (TPSA) is 80.4 Å². The lowest BCUT2D eigenvalue weighted by molar-refractivity contribution is 0.221. The van der Waals surface area contributed by atoms with Crippen molar-refractivity contribution >= 4 is 11.9 Å². The smallest absolute Gasteiger partial charge is 0.323 e. The molecule has 2 N–H and O–H groups in total. The number of nitrogens with zero attached hydrogens (tertiary/aromatic N) is 5. The Morgan fingerprint density at radius 2 is 1.90 bits per heavy atom. The highest BCUT2D eigenvalue weighted by Gasteiger charge is 2.23. The molecule has 0 unspecified atom stereocenters. The highest BCUT2D eigenvalue weighted by atomic mass is 16.5. The summed E-state index contributed by atoms with van der Waals surface area (Å²) in [6.07, 6.45) is 2.20. The summed E-state index contributed by atoms with van der Waals surface area (Å²) in [7, 11) is 4.15. The van der Waals surface area contributed by atoms with Crippen LogP contribution in [0.1, 0.15) is 26.7 Å². The van der Waals surface area contributed by atoms with E-state index in [9.17, 15) is 0 Å². The van der Waals surface area contributed by atoms with Crippen LogP contribution in [-0.4, -0.2) is 59.2 Å². The normalized spacial score (nSPS) is 17.4. The van der Waals surface area contributed by atoms with Crippen molar-refractivity contribution in [3.8, 4) is 6.01 Å². The van der Waals surface area contributed by atoms with Crippen molar-refractivity contribution in [2.24, 2.45) is 0 Å². The van der Waals surface area contributed by atoms with E-state index < -0.39 is 0 Å². The van der Waals surface area contributed by atoms with Crippen LogP contribution in [-0.2, 0) is 0 Å². The van der Waals surface area contributed by atoms with E-state index in [-0.39, 0.29) is 12.1 Å². The summed E-state index contributed by atoms with van der Waals surface area (Å²) >= 11 is 0. The highest BCUT2D eigenvalue weighted by molar-refractivity contribution is 5.36. The molecule has 1 aliphatic rings. The van der Waals surface area contributed by atoms with Crippen LogP contribution in [0.25, 0.3) is 0 Å². The van der Waals surface area contributed by atoms with Gasteiger partial charge in [0, 0.05) is 13.1 Å². The van der Waals surface area contributed by atoms with E-state index in [0.717, 1.165) is 25.9 Å². The van der Waals surface area contributed by atoms with Crippen LogP contribution in [0, 0.1) is 0 Å². The number of aromatic nitrogens is 3. The largest absolute Gasteiger partial charge is 0.461 e. The molecule has 2 heterocycles. The van der Waals surface area contributed by atoms with E-state index in [1.807, 2.05) is 20.9 Å². The minimum atomic E-state index is 0.0123. The predicted octanol–water partition coefficient (Wildman–Crippen LogP) is 0.771. The maximum atomic E-state index is 5.75. The maximum absolute atomic E-state index is 5.75. The van der Waals surface area contributed by atoms with Crippen LogP contribution < -0.4 is 15.4 Å². The monoisotopic (exact) mass is 280 g/mol. The molecule has 0 amide bonds. The Balaban J connectivity index is 2.12. The minimum absolute atomic E-state index is 0.0123. The number of nitrogens with two attached hydrogens (primary N) is 1. The van der Waals surface area contributed by atoms with E-state index in [1.165, 1.54) is 0 Å². The van der Waals surface area contributed by atoms with Crippen LogP contribution in [0.2, 0.25) is 0 Å². The van der Waals surface area contributed by atoms with Gasteiger partial charge in [0.15, 0.2) is 0 Å². The van der Waals surface area contributed by atoms with Gasteiger partial charge in [0.1, 0.15) is 0 Å². The first-order valence-corrected chi connectivity index (χ1v) is 7.05. The quantitative estimate of drug-likeness (QED) is 0.872. The van der Waals surface area contributed by atoms with E-state index >= 15 is 0 Å². The number of hydrogen-bond donors (Lipinski definition) is 1. The van der Waals surface area contributed by atoms with Crippen molar-refractivity contribution in [1.82, 2.24) is 19.9 Å². The molecule has 0 bridgehead atoms. The lowest BCUT2D eigenvalue weighted by atomic mass is 10.0. The number of piperidine rings is 1. The van der Waals surface area contributed by atoms with E-state index in [2.05, 4.69) is 31.8 Å². The van der Waals surface area contributed by atoms with Crippen LogP contribution in [0.5, 0.6) is 6.01 Å². The van der Waals surface area contributed by atoms with Gasteiger partial charge in [0.25, 0.3) is 0 Å². The number of hydrogen-bond acceptors (Lipinski definition) is 7. The molecule has 1 aromatic rings. The van der Waals surface area contributed by atoms with Crippen molar-refractivity contribution in [2.75, 3.05) is 37.8 Å². The molecule has 0 atom stereocenters. The van der Waals surface area contributed by atoms with Crippen molar-refractivity contribution in [3.63, 3.8) is 0 Å². The molecule has 0 aromatic carbocycles. The fourth-order valence-electron chi connectivity index (χ4n) is 2.33. The van der Waals surface area contributed by atoms with Gasteiger partial charge in [-0.2, -0.15) is 15.0 Å². The Labute approximate surface area is 120 Å². The Bertz CT molecular complexity index is 444. The second-order valence-electron chi connectivity index (χ2n) is 5.59. The molecule has 0 radical (unpaired) electrons. The first kappa shape index (κ1) is 14.8. The third-order valence-corrected chi connectivity index (χ3v) is 3.51. The summed E-state index contributed by atoms with van der Waals surface area (Å²) in [6, 6.07) is 0.724. The molecule has 2 rings (SSSR count). The average Bonchev–Trinajstić information content (AvgIpc) is 2.37. The molecule has 20 heavy (non-hydrogen) atoms. The Morgan fingerprint density at radius 1 is 1.25 bits per heavy atom. The zero-order valence-corrected chi connectivity index (χ0v) is 12.7. The number of anilines is 2. The van der Waals surface area contributed by atoms with Crippen LogP contribution in [0.4, 0.5) is 11.9 Å². The number of nitrogen functional groups attached to an aromatic ring is 1. The molecule has 1 aromatic heterocycles. The first-order valence-electron chi connectivity index (χ1n) is 7.05. The van der Waals surface area contributed by atoms with Crippen molar-refractivity contribution in [3.05, 3.63) is 0 Å². The number of likely N-dealkylation sites (tertiary alicyclic amines) is 1. The van der Waals surface area contributed by atoms with Crippen LogP contribution >= 0.6 is 0 Å². The van der Waals surface area contributed by atoms with Gasteiger partial charge in [0.2, 0.25) is 11.9 Å². The molecule has 1 aliphatic heterocycles. The van der Waals surface area contributed by atoms with Gasteiger partial charge < -0.3 is 20.3 Å². The third-order valence-electron chi connectivity index (χ3n) is 3.51. The minimum Gasteiger partial charge on any atom is -0.461 e. The lowest BCUT2D eigenvalue weighted by Crippen LogP contribution is -2.42. The highest BCUT2D eigenvalue weighted by Crippen LogP contribution is 2.20. The zero-order valence-electron chi connectivity index (χ0n) is 12.7. The molecule has 0 aliphatic carbocycles. The summed E-state index contributed by atoms with van der Waals surface area (Å²) < 4.78 is 5.51. The third kappa shape index (κ3) is 3.69. The Morgan fingerprint density at radius 3 is 2.50 bits per heavy atom. The second-order valence-corrected chi connectivity index (χ2v) is 5.59. The average molecular weight is 280 g/mol. The summed E-state index contributed by atoms with van der Waals surface area (Å²) in [5.74, 6) is 0.785. The molecular weight excluding hydrogens is 256 g/mol. The lowest BCUT2D eigenvalue weighted by Gasteiger charge is -2.35. The Hall–Kier alpha value is -1.63. The zero-order chi connectivity index (χ0) is 14.7. The fraction of sp³-hybridized carbons (Fsp3) is 0.769. The van der Waals surface area contributed by atoms with Gasteiger partial charge in [-0.1, -0.05) is 0 Å². The summed E-state index contributed by atoms with van der Waals surface area (Å²) in [5, 5.41) is 0. The molecule has 1 fully saturated rings. The molecule has 0 saturated carbocycles. The molecule has 1 saturated heterocycles. The van der Waals surface area contributed by atoms with Crippen LogP contribution in [0.3, 0.4) is 0 Å². The second kappa shape index (κ2) is 6.21. The number of rotatable bonds is 4. The van der Waals surface area contributed by atoms with Gasteiger partial charge in [-0.3, -0.25) is 0 Å². The van der Waals surface area contributed by atoms with Crippen molar-refractivity contribution in [2.45, 2.75) is 38.8 Å². The van der Waals surface area contributed by atoms with E-state index in [0.29, 0.717) is 18.0 Å². The predicted molar refractivity (Wildman–Crippen MR) is 78.9 cm³/mol. The first-order chi connectivity index (χ1) is 9.45. The maximum Gasteiger partial charge on any atom is 0.323 e. The SMILES string of the molecule is CC(C)Oc1nc(N)nc(N(C)C2CCN(C)CC2)n1. The molecule has 7 nitrogen and oxygen atoms in total. The summed E-state index contributed by atoms with van der Waals surface area (Å²) in [6.45, 7) is 6.04. The molecule has 7 heteroatoms. The fourth-order valence-corrected chi connectivity index (χ4v) is 2.33. The van der Waals surface area contributed by atoms with Crippen molar-refractivity contribution < 1.29 is 4.74 Å². The summed E-state index contributed by atoms with van der Waals surface area (Å²) in [5.41, 5.74) is 5.75. The number of ether oxygens (including phenoxy) is 1. The van der Waals surface area contributed by atoms with E-state index in [1.54, 1.807) is 0 Å². The van der Waals surface area contributed by atoms with Gasteiger partial charge in [-0.05, 0) is 46.8 Å². The van der Waals surface area contributed by atoms with E-state index in [4.69, 9.17) is 10.5 Å². The molecule has 112 valence electrons. The molecule has 0 spiro atoms. The summed E-state index contributed by atoms with van der Waals surface area (Å²) in [4.78, 5) is 17.0. The van der Waals surface area contributed by atoms with Gasteiger partial charge >= 0.3 is 6.01 Å². The van der Waals surface area contributed by atoms with Crippen LogP contribution in [0.15, 0.2) is 0 Å². The van der Waals surface area contributed by atoms with Gasteiger partial charge in [-0.15, -0.1) is 0 Å². The Kier molecular flexibility index (Phi) is 4.59. The standard InChI is InChI=1S/C13H24N6O/c1-9(2)20-13-16-11(14)15-12(17-13)19(4)10-5-7-18(3)8-6-10/h9-10H,5-8H2,1-4H3,(H2,14,15,16,17). The van der Waals surface area contributed by atoms with Gasteiger partial charge in [0.05, 0.1) is 6.10 Å². The van der Waals surface area contributed by atoms with Crippen molar-refractivity contribution in [1.29, 1.82) is 0 Å².